The molecule has 1 N–H and O–H groups in total. The maximum atomic E-state index is 14.2. The van der Waals surface area contributed by atoms with Crippen molar-refractivity contribution in [3.63, 3.8) is 0 Å². The molecule has 7 nitrogen and oxygen atoms in total. The lowest BCUT2D eigenvalue weighted by atomic mass is 9.94. The van der Waals surface area contributed by atoms with E-state index >= 15 is 0 Å². The summed E-state index contributed by atoms with van der Waals surface area (Å²) in [5.41, 5.74) is 1.47. The molecular formula is C31H34Cl2FN3O4S. The Balaban J connectivity index is 1.74. The molecule has 1 atom stereocenters. The summed E-state index contributed by atoms with van der Waals surface area (Å²) in [5.74, 6) is -1.66. The Morgan fingerprint density at radius 1 is 0.952 bits per heavy atom. The van der Waals surface area contributed by atoms with Crippen LogP contribution in [0.15, 0.2) is 72.8 Å². The van der Waals surface area contributed by atoms with Crippen LogP contribution in [0.25, 0.3) is 0 Å². The van der Waals surface area contributed by atoms with Crippen LogP contribution in [0, 0.1) is 5.82 Å². The van der Waals surface area contributed by atoms with E-state index in [1.165, 1.54) is 11.0 Å². The lowest BCUT2D eigenvalue weighted by Crippen LogP contribution is -2.55. The van der Waals surface area contributed by atoms with E-state index in [0.29, 0.717) is 10.6 Å². The third-order valence-corrected chi connectivity index (χ3v) is 9.19. The monoisotopic (exact) mass is 633 g/mol. The van der Waals surface area contributed by atoms with Gasteiger partial charge in [-0.3, -0.25) is 13.9 Å². The largest absolute Gasteiger partial charge is 0.352 e. The fraction of sp³-hybridized carbons (Fsp3) is 0.355. The number of hydrogen-bond donors (Lipinski definition) is 1. The first kappa shape index (κ1) is 31.8. The van der Waals surface area contributed by atoms with E-state index in [-0.39, 0.29) is 35.6 Å². The van der Waals surface area contributed by atoms with Gasteiger partial charge in [0, 0.05) is 24.0 Å². The van der Waals surface area contributed by atoms with E-state index in [1.54, 1.807) is 24.3 Å². The Morgan fingerprint density at radius 2 is 1.62 bits per heavy atom. The van der Waals surface area contributed by atoms with Crippen LogP contribution in [0.5, 0.6) is 0 Å². The minimum Gasteiger partial charge on any atom is -0.352 e. The molecule has 0 spiro atoms. The molecule has 11 heteroatoms. The molecule has 42 heavy (non-hydrogen) atoms. The molecule has 0 heterocycles. The highest BCUT2D eigenvalue weighted by atomic mass is 35.5. The van der Waals surface area contributed by atoms with Crippen molar-refractivity contribution in [1.82, 2.24) is 10.2 Å². The van der Waals surface area contributed by atoms with Crippen molar-refractivity contribution in [2.45, 2.75) is 57.2 Å². The highest BCUT2D eigenvalue weighted by Gasteiger charge is 2.34. The molecule has 0 unspecified atom stereocenters. The van der Waals surface area contributed by atoms with Gasteiger partial charge >= 0.3 is 0 Å². The number of rotatable bonds is 11. The predicted octanol–water partition coefficient (Wildman–Crippen LogP) is 5.99. The van der Waals surface area contributed by atoms with Crippen LogP contribution in [0.3, 0.4) is 0 Å². The number of nitrogens with one attached hydrogen (secondary N) is 1. The zero-order chi connectivity index (χ0) is 30.3. The Kier molecular flexibility index (Phi) is 10.9. The minimum absolute atomic E-state index is 0.00402. The maximum Gasteiger partial charge on any atom is 0.244 e. The number of amides is 2. The molecular weight excluding hydrogens is 600 g/mol. The zero-order valence-corrected chi connectivity index (χ0v) is 25.6. The Hall–Kier alpha value is -3.14. The highest BCUT2D eigenvalue weighted by molar-refractivity contribution is 7.92. The van der Waals surface area contributed by atoms with Crippen LogP contribution in [0.4, 0.5) is 10.1 Å². The number of anilines is 1. The smallest absolute Gasteiger partial charge is 0.244 e. The summed E-state index contributed by atoms with van der Waals surface area (Å²) in [6.45, 7) is -0.664. The van der Waals surface area contributed by atoms with Gasteiger partial charge in [0.15, 0.2) is 0 Å². The molecule has 3 aromatic rings. The SMILES string of the molecule is CS(=O)(=O)N(CC(=O)N(Cc1ccccc1Cl)[C@@H](Cc1ccccc1)C(=O)NC1CCCCC1)c1ccc(F)c(Cl)c1. The molecule has 0 radical (unpaired) electrons. The van der Waals surface area contributed by atoms with Crippen molar-refractivity contribution in [2.75, 3.05) is 17.1 Å². The summed E-state index contributed by atoms with van der Waals surface area (Å²) < 4.78 is 40.5. The average molecular weight is 635 g/mol. The molecule has 0 bridgehead atoms. The van der Waals surface area contributed by atoms with E-state index in [2.05, 4.69) is 5.32 Å². The first-order valence-corrected chi connectivity index (χ1v) is 16.4. The first-order valence-electron chi connectivity index (χ1n) is 13.8. The number of carbonyl (C=O) groups excluding carboxylic acids is 2. The molecule has 4 rings (SSSR count). The van der Waals surface area contributed by atoms with Crippen LogP contribution in [0.2, 0.25) is 10.0 Å². The summed E-state index contributed by atoms with van der Waals surface area (Å²) in [6, 6.07) is 18.8. The molecule has 0 aliphatic heterocycles. The molecule has 224 valence electrons. The number of sulfonamides is 1. The van der Waals surface area contributed by atoms with Gasteiger partial charge in [-0.1, -0.05) is 91.0 Å². The van der Waals surface area contributed by atoms with E-state index in [1.807, 2.05) is 30.3 Å². The highest BCUT2D eigenvalue weighted by Crippen LogP contribution is 2.26. The van der Waals surface area contributed by atoms with Crippen LogP contribution in [-0.4, -0.2) is 50.0 Å². The standard InChI is InChI=1S/C31H34Cl2FN3O4S/c1-42(40,41)37(25-16-17-28(34)27(33)19-25)21-30(38)36(20-23-12-8-9-15-26(23)32)29(18-22-10-4-2-5-11-22)31(39)35-24-13-6-3-7-14-24/h2,4-5,8-12,15-17,19,24,29H,3,6-7,13-14,18,20-21H2,1H3,(H,35,39)/t29-/m0/s1. The Labute approximate surface area is 256 Å². The van der Waals surface area contributed by atoms with Crippen LogP contribution >= 0.6 is 23.2 Å². The lowest BCUT2D eigenvalue weighted by Gasteiger charge is -2.35. The third-order valence-electron chi connectivity index (χ3n) is 7.39. The van der Waals surface area contributed by atoms with Gasteiger partial charge in [0.25, 0.3) is 0 Å². The number of halogens is 3. The van der Waals surface area contributed by atoms with E-state index in [4.69, 9.17) is 23.2 Å². The van der Waals surface area contributed by atoms with Crippen LogP contribution in [-0.2, 0) is 32.6 Å². The van der Waals surface area contributed by atoms with Gasteiger partial charge < -0.3 is 10.2 Å². The molecule has 0 aromatic heterocycles. The quantitative estimate of drug-likeness (QED) is 0.281. The van der Waals surface area contributed by atoms with Gasteiger partial charge in [-0.2, -0.15) is 0 Å². The molecule has 2 amide bonds. The summed E-state index contributed by atoms with van der Waals surface area (Å²) in [4.78, 5) is 29.5. The molecule has 1 aliphatic rings. The van der Waals surface area contributed by atoms with Gasteiger partial charge in [-0.25, -0.2) is 12.8 Å². The van der Waals surface area contributed by atoms with Crippen molar-refractivity contribution < 1.29 is 22.4 Å². The maximum absolute atomic E-state index is 14.2. The summed E-state index contributed by atoms with van der Waals surface area (Å²) >= 11 is 12.4. The number of nitrogens with zero attached hydrogens (tertiary/aromatic N) is 2. The summed E-state index contributed by atoms with van der Waals surface area (Å²) in [7, 11) is -4.01. The molecule has 1 saturated carbocycles. The second-order valence-corrected chi connectivity index (χ2v) is 13.3. The van der Waals surface area contributed by atoms with Gasteiger partial charge in [0.2, 0.25) is 21.8 Å². The second kappa shape index (κ2) is 14.4. The molecule has 0 saturated heterocycles. The second-order valence-electron chi connectivity index (χ2n) is 10.5. The minimum atomic E-state index is -4.01. The van der Waals surface area contributed by atoms with Gasteiger partial charge in [-0.15, -0.1) is 0 Å². The molecule has 1 aliphatic carbocycles. The predicted molar refractivity (Wildman–Crippen MR) is 165 cm³/mol. The fourth-order valence-electron chi connectivity index (χ4n) is 5.16. The van der Waals surface area contributed by atoms with Crippen LogP contribution < -0.4 is 9.62 Å². The molecule has 3 aromatic carbocycles. The Bertz CT molecular complexity index is 1500. The summed E-state index contributed by atoms with van der Waals surface area (Å²) in [6.07, 6.45) is 6.01. The zero-order valence-electron chi connectivity index (χ0n) is 23.3. The van der Waals surface area contributed by atoms with Crippen molar-refractivity contribution in [2.24, 2.45) is 0 Å². The first-order chi connectivity index (χ1) is 20.0. The van der Waals surface area contributed by atoms with E-state index in [0.717, 1.165) is 60.4 Å². The van der Waals surface area contributed by atoms with Gasteiger partial charge in [0.05, 0.1) is 17.0 Å². The van der Waals surface area contributed by atoms with E-state index < -0.39 is 34.3 Å². The van der Waals surface area contributed by atoms with Crippen molar-refractivity contribution in [1.29, 1.82) is 0 Å². The topological polar surface area (TPSA) is 86.8 Å². The number of hydrogen-bond acceptors (Lipinski definition) is 4. The lowest BCUT2D eigenvalue weighted by molar-refractivity contribution is -0.140. The summed E-state index contributed by atoms with van der Waals surface area (Å²) in [5, 5.41) is 3.27. The number of carbonyl (C=O) groups is 2. The average Bonchev–Trinajstić information content (AvgIpc) is 2.96. The van der Waals surface area contributed by atoms with Gasteiger partial charge in [0.1, 0.15) is 18.4 Å². The van der Waals surface area contributed by atoms with Crippen molar-refractivity contribution >= 4 is 50.7 Å². The van der Waals surface area contributed by atoms with Gasteiger partial charge in [-0.05, 0) is 48.2 Å². The Morgan fingerprint density at radius 3 is 2.26 bits per heavy atom. The normalized spacial score (nSPS) is 14.7. The molecule has 1 fully saturated rings. The van der Waals surface area contributed by atoms with E-state index in [9.17, 15) is 22.4 Å². The third kappa shape index (κ3) is 8.46. The van der Waals surface area contributed by atoms with Crippen molar-refractivity contribution in [3.8, 4) is 0 Å². The fourth-order valence-corrected chi connectivity index (χ4v) is 6.37. The number of benzene rings is 3. The van der Waals surface area contributed by atoms with Crippen molar-refractivity contribution in [3.05, 3.63) is 99.8 Å². The van der Waals surface area contributed by atoms with Crippen LogP contribution in [0.1, 0.15) is 43.2 Å².